The van der Waals surface area contributed by atoms with Crippen LogP contribution in [0.2, 0.25) is 13.1 Å². The fourth-order valence-corrected chi connectivity index (χ4v) is 7.73. The molecular weight excluding hydrogens is 422 g/mol. The summed E-state index contributed by atoms with van der Waals surface area (Å²) in [5.41, 5.74) is 5.51. The SMILES string of the molecule is C[Si]1(C)c2ccccc2N(c2ccc(-c3noc(-c4ccccc4)n3)cc2)c2ccccc21. The second-order valence-corrected chi connectivity index (χ2v) is 13.2. The third kappa shape index (κ3) is 3.20. The number of benzene rings is 4. The van der Waals surface area contributed by atoms with Crippen LogP contribution in [0.15, 0.2) is 108 Å². The Bertz CT molecular complexity index is 1390. The normalized spacial score (nSPS) is 13.9. The Labute approximate surface area is 194 Å². The Balaban J connectivity index is 1.40. The zero-order valence-corrected chi connectivity index (χ0v) is 19.6. The third-order valence-corrected chi connectivity index (χ3v) is 10.0. The van der Waals surface area contributed by atoms with Gasteiger partial charge in [-0.1, -0.05) is 72.8 Å². The molecule has 0 N–H and O–H groups in total. The average molecular weight is 446 g/mol. The van der Waals surface area contributed by atoms with Gasteiger partial charge in [0.1, 0.15) is 8.07 Å². The Morgan fingerprint density at radius 3 is 1.85 bits per heavy atom. The van der Waals surface area contributed by atoms with Gasteiger partial charge in [0.05, 0.1) is 0 Å². The molecule has 5 heteroatoms. The van der Waals surface area contributed by atoms with Crippen LogP contribution in [0.3, 0.4) is 0 Å². The van der Waals surface area contributed by atoms with Crippen LogP contribution in [0.5, 0.6) is 0 Å². The molecule has 1 aromatic heterocycles. The zero-order valence-electron chi connectivity index (χ0n) is 18.6. The molecule has 0 fully saturated rings. The van der Waals surface area contributed by atoms with Crippen LogP contribution in [0.25, 0.3) is 22.8 Å². The van der Waals surface area contributed by atoms with Crippen molar-refractivity contribution in [1.29, 1.82) is 0 Å². The molecule has 0 unspecified atom stereocenters. The summed E-state index contributed by atoms with van der Waals surface area (Å²) >= 11 is 0. The van der Waals surface area contributed by atoms with Crippen molar-refractivity contribution in [3.63, 3.8) is 0 Å². The molecule has 0 spiro atoms. The van der Waals surface area contributed by atoms with Gasteiger partial charge in [0.25, 0.3) is 5.89 Å². The van der Waals surface area contributed by atoms with E-state index >= 15 is 0 Å². The van der Waals surface area contributed by atoms with Crippen LogP contribution < -0.4 is 15.3 Å². The number of hydrogen-bond acceptors (Lipinski definition) is 4. The fourth-order valence-electron chi connectivity index (χ4n) is 4.75. The van der Waals surface area contributed by atoms with Crippen molar-refractivity contribution in [3.05, 3.63) is 103 Å². The Morgan fingerprint density at radius 1 is 0.636 bits per heavy atom. The summed E-state index contributed by atoms with van der Waals surface area (Å²) in [6.07, 6.45) is 0. The van der Waals surface area contributed by atoms with Crippen molar-refractivity contribution >= 4 is 35.5 Å². The summed E-state index contributed by atoms with van der Waals surface area (Å²) in [6.45, 7) is 4.87. The lowest BCUT2D eigenvalue weighted by Gasteiger charge is -2.41. The minimum Gasteiger partial charge on any atom is -0.334 e. The van der Waals surface area contributed by atoms with E-state index < -0.39 is 8.07 Å². The quantitative estimate of drug-likeness (QED) is 0.319. The highest BCUT2D eigenvalue weighted by molar-refractivity contribution is 7.02. The number of nitrogens with zero attached hydrogens (tertiary/aromatic N) is 3. The Morgan fingerprint density at radius 2 is 1.21 bits per heavy atom. The van der Waals surface area contributed by atoms with Crippen LogP contribution in [0.1, 0.15) is 0 Å². The molecule has 4 nitrogen and oxygen atoms in total. The van der Waals surface area contributed by atoms with Gasteiger partial charge in [-0.25, -0.2) is 0 Å². The van der Waals surface area contributed by atoms with Gasteiger partial charge in [0.2, 0.25) is 5.82 Å². The number of aromatic nitrogens is 2. The largest absolute Gasteiger partial charge is 0.334 e. The van der Waals surface area contributed by atoms with E-state index in [0.29, 0.717) is 11.7 Å². The highest BCUT2D eigenvalue weighted by Crippen LogP contribution is 2.38. The van der Waals surface area contributed by atoms with Gasteiger partial charge in [-0.05, 0) is 58.9 Å². The molecule has 0 atom stereocenters. The lowest BCUT2D eigenvalue weighted by atomic mass is 10.1. The third-order valence-electron chi connectivity index (χ3n) is 6.47. The molecule has 0 saturated heterocycles. The Kier molecular flexibility index (Phi) is 4.52. The monoisotopic (exact) mass is 445 g/mol. The number of hydrogen-bond donors (Lipinski definition) is 0. The summed E-state index contributed by atoms with van der Waals surface area (Å²) < 4.78 is 5.50. The van der Waals surface area contributed by atoms with E-state index in [1.807, 2.05) is 30.3 Å². The van der Waals surface area contributed by atoms with Gasteiger partial charge in [-0.2, -0.15) is 4.98 Å². The van der Waals surface area contributed by atoms with Crippen molar-refractivity contribution in [2.24, 2.45) is 0 Å². The minimum absolute atomic E-state index is 0.528. The first-order valence-corrected chi connectivity index (χ1v) is 14.1. The predicted molar refractivity (Wildman–Crippen MR) is 137 cm³/mol. The molecule has 0 saturated carbocycles. The molecule has 33 heavy (non-hydrogen) atoms. The van der Waals surface area contributed by atoms with Gasteiger partial charge in [-0.3, -0.25) is 0 Å². The molecule has 0 amide bonds. The van der Waals surface area contributed by atoms with Gasteiger partial charge >= 0.3 is 0 Å². The molecular formula is C28H23N3OSi. The van der Waals surface area contributed by atoms with Crippen LogP contribution in [-0.4, -0.2) is 18.2 Å². The summed E-state index contributed by atoms with van der Waals surface area (Å²) in [5, 5.41) is 7.12. The number of fused-ring (bicyclic) bond motifs is 2. The van der Waals surface area contributed by atoms with E-state index in [2.05, 4.69) is 101 Å². The topological polar surface area (TPSA) is 42.2 Å². The van der Waals surface area contributed by atoms with Crippen molar-refractivity contribution in [1.82, 2.24) is 10.1 Å². The highest BCUT2D eigenvalue weighted by atomic mass is 28.3. The molecule has 4 aromatic carbocycles. The minimum atomic E-state index is -1.77. The summed E-state index contributed by atoms with van der Waals surface area (Å²) in [7, 11) is -1.77. The van der Waals surface area contributed by atoms with Gasteiger partial charge in [-0.15, -0.1) is 0 Å². The maximum Gasteiger partial charge on any atom is 0.258 e. The molecule has 2 heterocycles. The molecule has 0 aliphatic carbocycles. The second kappa shape index (κ2) is 7.57. The van der Waals surface area contributed by atoms with E-state index in [-0.39, 0.29) is 0 Å². The molecule has 0 radical (unpaired) electrons. The summed E-state index contributed by atoms with van der Waals surface area (Å²) in [4.78, 5) is 6.97. The Hall–Kier alpha value is -3.96. The lowest BCUT2D eigenvalue weighted by Crippen LogP contribution is -2.58. The predicted octanol–water partition coefficient (Wildman–Crippen LogP) is 6.01. The maximum absolute atomic E-state index is 5.50. The first kappa shape index (κ1) is 19.7. The number of rotatable bonds is 3. The highest BCUT2D eigenvalue weighted by Gasteiger charge is 2.38. The summed E-state index contributed by atoms with van der Waals surface area (Å²) in [6, 6.07) is 35.9. The van der Waals surface area contributed by atoms with Crippen LogP contribution in [-0.2, 0) is 0 Å². The first-order valence-electron chi connectivity index (χ1n) is 11.1. The summed E-state index contributed by atoms with van der Waals surface area (Å²) in [5.74, 6) is 1.12. The van der Waals surface area contributed by atoms with Crippen molar-refractivity contribution in [2.75, 3.05) is 4.90 Å². The van der Waals surface area contributed by atoms with Crippen LogP contribution in [0.4, 0.5) is 17.1 Å². The van der Waals surface area contributed by atoms with E-state index in [4.69, 9.17) is 4.52 Å². The van der Waals surface area contributed by atoms with Gasteiger partial charge in [0.15, 0.2) is 0 Å². The van der Waals surface area contributed by atoms with Gasteiger partial charge in [0, 0.05) is 28.2 Å². The van der Waals surface area contributed by atoms with E-state index in [1.54, 1.807) is 0 Å². The molecule has 6 rings (SSSR count). The number of anilines is 3. The van der Waals surface area contributed by atoms with E-state index in [1.165, 1.54) is 21.7 Å². The van der Waals surface area contributed by atoms with E-state index in [9.17, 15) is 0 Å². The fraction of sp³-hybridized carbons (Fsp3) is 0.0714. The van der Waals surface area contributed by atoms with Crippen molar-refractivity contribution < 1.29 is 4.52 Å². The zero-order chi connectivity index (χ0) is 22.4. The first-order chi connectivity index (χ1) is 16.1. The average Bonchev–Trinajstić information content (AvgIpc) is 3.36. The molecule has 1 aliphatic rings. The standard InChI is InChI=1S/C28H23N3OSi/c1-33(2)25-14-8-6-12-23(25)31(24-13-7-9-15-26(24)33)22-18-16-20(17-19-22)27-29-28(32-30-27)21-10-4-3-5-11-21/h3-19H,1-2H3. The maximum atomic E-state index is 5.50. The van der Waals surface area contributed by atoms with Crippen molar-refractivity contribution in [3.8, 4) is 22.8 Å². The van der Waals surface area contributed by atoms with Crippen molar-refractivity contribution in [2.45, 2.75) is 13.1 Å². The lowest BCUT2D eigenvalue weighted by molar-refractivity contribution is 0.432. The van der Waals surface area contributed by atoms with Crippen LogP contribution >= 0.6 is 0 Å². The number of para-hydroxylation sites is 2. The van der Waals surface area contributed by atoms with E-state index in [0.717, 1.165) is 16.8 Å². The smallest absolute Gasteiger partial charge is 0.258 e. The second-order valence-electron chi connectivity index (χ2n) is 8.83. The van der Waals surface area contributed by atoms with Crippen LogP contribution in [0, 0.1) is 0 Å². The molecule has 1 aliphatic heterocycles. The molecule has 5 aromatic rings. The van der Waals surface area contributed by atoms with Gasteiger partial charge < -0.3 is 9.42 Å². The molecule has 160 valence electrons. The molecule has 0 bridgehead atoms.